The van der Waals surface area contributed by atoms with Gasteiger partial charge < -0.3 is 5.32 Å². The number of nitrogens with one attached hydrogen (secondary N) is 1. The van der Waals surface area contributed by atoms with Crippen LogP contribution in [-0.2, 0) is 6.42 Å². The van der Waals surface area contributed by atoms with Gasteiger partial charge in [0.05, 0.1) is 6.04 Å². The van der Waals surface area contributed by atoms with Gasteiger partial charge in [0.15, 0.2) is 0 Å². The molecule has 1 atom stereocenters. The highest BCUT2D eigenvalue weighted by molar-refractivity contribution is 7.08. The standard InChI is InChI=1S/C18H25NS/c1-5-19-18(17-12-20-11-14(17)4)16-8-6-15(7-9-16)10-13(2)3/h6-9,11-13,18-19H,5,10H2,1-4H3. The van der Waals surface area contributed by atoms with E-state index in [1.54, 1.807) is 11.3 Å². The van der Waals surface area contributed by atoms with Crippen molar-refractivity contribution in [3.05, 3.63) is 57.3 Å². The third-order valence-electron chi connectivity index (χ3n) is 3.57. The van der Waals surface area contributed by atoms with E-state index in [-0.39, 0.29) is 0 Å². The van der Waals surface area contributed by atoms with Crippen molar-refractivity contribution >= 4 is 11.3 Å². The molecule has 0 saturated heterocycles. The molecule has 0 spiro atoms. The fourth-order valence-corrected chi connectivity index (χ4v) is 3.47. The monoisotopic (exact) mass is 287 g/mol. The van der Waals surface area contributed by atoms with Crippen LogP contribution in [0.25, 0.3) is 0 Å². The molecule has 2 aromatic rings. The fourth-order valence-electron chi connectivity index (χ4n) is 2.60. The molecule has 108 valence electrons. The van der Waals surface area contributed by atoms with E-state index in [1.165, 1.54) is 22.3 Å². The van der Waals surface area contributed by atoms with E-state index in [1.807, 2.05) is 0 Å². The lowest BCUT2D eigenvalue weighted by Gasteiger charge is -2.19. The molecule has 1 nitrogen and oxygen atoms in total. The average Bonchev–Trinajstić information content (AvgIpc) is 2.83. The summed E-state index contributed by atoms with van der Waals surface area (Å²) in [7, 11) is 0. The number of rotatable bonds is 6. The van der Waals surface area contributed by atoms with E-state index in [2.05, 4.69) is 68.0 Å². The van der Waals surface area contributed by atoms with Gasteiger partial charge in [-0.25, -0.2) is 0 Å². The maximum Gasteiger partial charge on any atom is 0.0587 e. The van der Waals surface area contributed by atoms with Gasteiger partial charge in [-0.05, 0) is 58.8 Å². The van der Waals surface area contributed by atoms with E-state index < -0.39 is 0 Å². The van der Waals surface area contributed by atoms with Crippen LogP contribution in [0, 0.1) is 12.8 Å². The van der Waals surface area contributed by atoms with Gasteiger partial charge in [0.2, 0.25) is 0 Å². The first-order valence-corrected chi connectivity index (χ1v) is 8.41. The number of benzene rings is 1. The number of hydrogen-bond acceptors (Lipinski definition) is 2. The van der Waals surface area contributed by atoms with E-state index in [0.717, 1.165) is 13.0 Å². The highest BCUT2D eigenvalue weighted by Gasteiger charge is 2.15. The van der Waals surface area contributed by atoms with Crippen LogP contribution < -0.4 is 5.32 Å². The lowest BCUT2D eigenvalue weighted by Crippen LogP contribution is -2.22. The molecule has 1 unspecified atom stereocenters. The summed E-state index contributed by atoms with van der Waals surface area (Å²) in [5.74, 6) is 0.713. The van der Waals surface area contributed by atoms with Crippen LogP contribution >= 0.6 is 11.3 Å². The van der Waals surface area contributed by atoms with Gasteiger partial charge in [-0.1, -0.05) is 45.0 Å². The van der Waals surface area contributed by atoms with Gasteiger partial charge in [0, 0.05) is 0 Å². The molecule has 0 bridgehead atoms. The van der Waals surface area contributed by atoms with Crippen molar-refractivity contribution in [3.8, 4) is 0 Å². The largest absolute Gasteiger partial charge is 0.306 e. The molecule has 1 N–H and O–H groups in total. The molecular formula is C18H25NS. The third kappa shape index (κ3) is 3.71. The molecule has 2 heteroatoms. The zero-order valence-electron chi connectivity index (χ0n) is 12.9. The summed E-state index contributed by atoms with van der Waals surface area (Å²) in [6.45, 7) is 9.88. The first kappa shape index (κ1) is 15.3. The third-order valence-corrected chi connectivity index (χ3v) is 4.45. The van der Waals surface area contributed by atoms with Crippen LogP contribution in [0.5, 0.6) is 0 Å². The Kier molecular flexibility index (Phi) is 5.38. The molecule has 1 aromatic carbocycles. The predicted octanol–water partition coefficient (Wildman–Crippen LogP) is 4.95. The van der Waals surface area contributed by atoms with Gasteiger partial charge >= 0.3 is 0 Å². The molecule has 2 rings (SSSR count). The summed E-state index contributed by atoms with van der Waals surface area (Å²) < 4.78 is 0. The Morgan fingerprint density at radius 1 is 1.10 bits per heavy atom. The molecule has 1 heterocycles. The topological polar surface area (TPSA) is 12.0 Å². The van der Waals surface area contributed by atoms with Crippen LogP contribution in [0.15, 0.2) is 35.0 Å². The Balaban J connectivity index is 2.24. The second-order valence-electron chi connectivity index (χ2n) is 5.84. The maximum absolute atomic E-state index is 3.61. The zero-order valence-corrected chi connectivity index (χ0v) is 13.8. The van der Waals surface area contributed by atoms with E-state index >= 15 is 0 Å². The molecule has 0 saturated carbocycles. The molecule has 0 aliphatic heterocycles. The van der Waals surface area contributed by atoms with Crippen molar-refractivity contribution in [2.75, 3.05) is 6.54 Å². The summed E-state index contributed by atoms with van der Waals surface area (Å²) in [6, 6.07) is 9.44. The fraction of sp³-hybridized carbons (Fsp3) is 0.444. The molecule has 0 amide bonds. The lowest BCUT2D eigenvalue weighted by molar-refractivity contribution is 0.627. The van der Waals surface area contributed by atoms with Crippen molar-refractivity contribution in [1.82, 2.24) is 5.32 Å². The highest BCUT2D eigenvalue weighted by atomic mass is 32.1. The van der Waals surface area contributed by atoms with Crippen molar-refractivity contribution in [3.63, 3.8) is 0 Å². The Hall–Kier alpha value is -1.12. The maximum atomic E-state index is 3.61. The molecule has 0 radical (unpaired) electrons. The summed E-state index contributed by atoms with van der Waals surface area (Å²) >= 11 is 1.79. The van der Waals surface area contributed by atoms with E-state index in [9.17, 15) is 0 Å². The highest BCUT2D eigenvalue weighted by Crippen LogP contribution is 2.28. The average molecular weight is 287 g/mol. The Morgan fingerprint density at radius 2 is 1.80 bits per heavy atom. The molecule has 20 heavy (non-hydrogen) atoms. The van der Waals surface area contributed by atoms with Crippen LogP contribution in [0.2, 0.25) is 0 Å². The summed E-state index contributed by atoms with van der Waals surface area (Å²) in [5, 5.41) is 8.11. The van der Waals surface area contributed by atoms with Crippen LogP contribution in [0.1, 0.15) is 49.1 Å². The molecule has 1 aromatic heterocycles. The van der Waals surface area contributed by atoms with E-state index in [0.29, 0.717) is 12.0 Å². The smallest absolute Gasteiger partial charge is 0.0587 e. The van der Waals surface area contributed by atoms with Gasteiger partial charge in [-0.15, -0.1) is 0 Å². The quantitative estimate of drug-likeness (QED) is 0.792. The second-order valence-corrected chi connectivity index (χ2v) is 6.58. The minimum absolute atomic E-state index is 0.319. The van der Waals surface area contributed by atoms with Gasteiger partial charge in [-0.3, -0.25) is 0 Å². The van der Waals surface area contributed by atoms with Crippen molar-refractivity contribution in [1.29, 1.82) is 0 Å². The van der Waals surface area contributed by atoms with Crippen LogP contribution in [-0.4, -0.2) is 6.54 Å². The van der Waals surface area contributed by atoms with E-state index in [4.69, 9.17) is 0 Å². The van der Waals surface area contributed by atoms with Gasteiger partial charge in [0.1, 0.15) is 0 Å². The SMILES string of the molecule is CCNC(c1ccc(CC(C)C)cc1)c1cscc1C. The van der Waals surface area contributed by atoms with Crippen LogP contribution in [0.4, 0.5) is 0 Å². The Bertz CT molecular complexity index is 525. The summed E-state index contributed by atoms with van der Waals surface area (Å²) in [5.41, 5.74) is 5.59. The number of aryl methyl sites for hydroxylation is 1. The van der Waals surface area contributed by atoms with Gasteiger partial charge in [0.25, 0.3) is 0 Å². The van der Waals surface area contributed by atoms with Crippen molar-refractivity contribution in [2.45, 2.75) is 40.2 Å². The summed E-state index contributed by atoms with van der Waals surface area (Å²) in [6.07, 6.45) is 1.16. The first-order valence-electron chi connectivity index (χ1n) is 7.46. The summed E-state index contributed by atoms with van der Waals surface area (Å²) in [4.78, 5) is 0. The van der Waals surface area contributed by atoms with Crippen LogP contribution in [0.3, 0.4) is 0 Å². The molecule has 0 fully saturated rings. The first-order chi connectivity index (χ1) is 9.61. The molecule has 0 aliphatic rings. The predicted molar refractivity (Wildman–Crippen MR) is 89.6 cm³/mol. The Labute approximate surface area is 127 Å². The number of hydrogen-bond donors (Lipinski definition) is 1. The minimum atomic E-state index is 0.319. The van der Waals surface area contributed by atoms with Gasteiger partial charge in [-0.2, -0.15) is 11.3 Å². The van der Waals surface area contributed by atoms with Crippen molar-refractivity contribution < 1.29 is 0 Å². The Morgan fingerprint density at radius 3 is 2.30 bits per heavy atom. The molecule has 0 aliphatic carbocycles. The lowest BCUT2D eigenvalue weighted by atomic mass is 9.95. The zero-order chi connectivity index (χ0) is 14.5. The normalized spacial score (nSPS) is 12.8. The second kappa shape index (κ2) is 7.05. The molecular weight excluding hydrogens is 262 g/mol. The number of thiophene rings is 1. The minimum Gasteiger partial charge on any atom is -0.306 e. The van der Waals surface area contributed by atoms with Crippen molar-refractivity contribution in [2.24, 2.45) is 5.92 Å².